The molecule has 0 amide bonds. The van der Waals surface area contributed by atoms with Gasteiger partial charge >= 0.3 is 0 Å². The van der Waals surface area contributed by atoms with Crippen LogP contribution in [0.5, 0.6) is 0 Å². The number of para-hydroxylation sites is 1. The molecule has 1 atom stereocenters. The first-order chi connectivity index (χ1) is 10.3. The van der Waals surface area contributed by atoms with E-state index in [4.69, 9.17) is 4.74 Å². The van der Waals surface area contributed by atoms with Crippen LogP contribution >= 0.6 is 0 Å². The number of nitrogens with one attached hydrogen (secondary N) is 1. The van der Waals surface area contributed by atoms with Crippen molar-refractivity contribution < 1.29 is 4.74 Å². The summed E-state index contributed by atoms with van der Waals surface area (Å²) in [6.07, 6.45) is 6.47. The topological polar surface area (TPSA) is 39.1 Å². The Hall–Kier alpha value is -1.81. The average molecular weight is 285 g/mol. The Labute approximate surface area is 126 Å². The zero-order chi connectivity index (χ0) is 14.7. The highest BCUT2D eigenvalue weighted by Crippen LogP contribution is 2.33. The smallest absolute Gasteiger partial charge is 0.0547 e. The predicted octanol–water partition coefficient (Wildman–Crippen LogP) is 3.10. The molecule has 21 heavy (non-hydrogen) atoms. The van der Waals surface area contributed by atoms with Crippen molar-refractivity contribution in [3.8, 4) is 0 Å². The van der Waals surface area contributed by atoms with Crippen molar-refractivity contribution in [2.75, 3.05) is 19.0 Å². The third kappa shape index (κ3) is 2.95. The minimum Gasteiger partial charge on any atom is -0.384 e. The number of methoxy groups -OCH3 is 1. The quantitative estimate of drug-likeness (QED) is 0.917. The fourth-order valence-electron chi connectivity index (χ4n) is 3.13. The van der Waals surface area contributed by atoms with Gasteiger partial charge in [-0.15, -0.1) is 0 Å². The number of nitrogens with zero attached hydrogens (tertiary/aromatic N) is 2. The highest BCUT2D eigenvalue weighted by atomic mass is 16.5. The number of hydrogen-bond acceptors (Lipinski definition) is 3. The summed E-state index contributed by atoms with van der Waals surface area (Å²) in [5, 5.41) is 8.14. The second-order valence-corrected chi connectivity index (χ2v) is 5.66. The number of fused-ring (bicyclic) bond motifs is 1. The van der Waals surface area contributed by atoms with Gasteiger partial charge in [0, 0.05) is 31.1 Å². The molecule has 3 rings (SSSR count). The van der Waals surface area contributed by atoms with Gasteiger partial charge in [-0.2, -0.15) is 5.10 Å². The molecular weight excluding hydrogens is 262 g/mol. The summed E-state index contributed by atoms with van der Waals surface area (Å²) in [5.74, 6) is 0. The predicted molar refractivity (Wildman–Crippen MR) is 84.5 cm³/mol. The molecule has 1 aliphatic rings. The number of rotatable bonds is 5. The van der Waals surface area contributed by atoms with Crippen molar-refractivity contribution >= 4 is 5.69 Å². The SMILES string of the molecule is COCCc1ccccc1NC1CCCc2c1cnn2C. The standard InChI is InChI=1S/C17H23N3O/c1-20-17-9-5-8-16(14(17)12-18-20)19-15-7-4-3-6-13(15)10-11-21-2/h3-4,6-7,12,16,19H,5,8-11H2,1-2H3. The Balaban J connectivity index is 1.81. The summed E-state index contributed by atoms with van der Waals surface area (Å²) in [6.45, 7) is 0.751. The molecule has 1 aromatic heterocycles. The van der Waals surface area contributed by atoms with E-state index in [9.17, 15) is 0 Å². The largest absolute Gasteiger partial charge is 0.384 e. The molecule has 4 nitrogen and oxygen atoms in total. The lowest BCUT2D eigenvalue weighted by molar-refractivity contribution is 0.202. The zero-order valence-corrected chi connectivity index (χ0v) is 12.8. The number of aryl methyl sites for hydroxylation is 1. The van der Waals surface area contributed by atoms with Crippen molar-refractivity contribution in [3.05, 3.63) is 47.3 Å². The van der Waals surface area contributed by atoms with Crippen molar-refractivity contribution in [1.29, 1.82) is 0 Å². The third-order valence-electron chi connectivity index (χ3n) is 4.30. The number of hydrogen-bond donors (Lipinski definition) is 1. The van der Waals surface area contributed by atoms with Crippen LogP contribution in [-0.4, -0.2) is 23.5 Å². The van der Waals surface area contributed by atoms with E-state index in [1.165, 1.54) is 28.9 Å². The molecule has 1 unspecified atom stereocenters. The first-order valence-electron chi connectivity index (χ1n) is 7.63. The lowest BCUT2D eigenvalue weighted by Gasteiger charge is -2.26. The van der Waals surface area contributed by atoms with E-state index < -0.39 is 0 Å². The van der Waals surface area contributed by atoms with E-state index in [0.717, 1.165) is 25.9 Å². The second kappa shape index (κ2) is 6.31. The van der Waals surface area contributed by atoms with E-state index in [2.05, 4.69) is 34.7 Å². The number of ether oxygens (including phenoxy) is 1. The van der Waals surface area contributed by atoms with Crippen molar-refractivity contribution in [1.82, 2.24) is 9.78 Å². The van der Waals surface area contributed by atoms with Crippen LogP contribution in [-0.2, 0) is 24.6 Å². The van der Waals surface area contributed by atoms with Gasteiger partial charge in [0.15, 0.2) is 0 Å². The molecule has 0 radical (unpaired) electrons. The molecule has 0 spiro atoms. The summed E-state index contributed by atoms with van der Waals surface area (Å²) < 4.78 is 7.22. The monoisotopic (exact) mass is 285 g/mol. The lowest BCUT2D eigenvalue weighted by Crippen LogP contribution is -2.18. The first kappa shape index (κ1) is 14.1. The van der Waals surface area contributed by atoms with Crippen molar-refractivity contribution in [2.24, 2.45) is 7.05 Å². The minimum atomic E-state index is 0.367. The molecule has 1 aromatic carbocycles. The van der Waals surface area contributed by atoms with Gasteiger partial charge in [-0.3, -0.25) is 4.68 Å². The number of anilines is 1. The van der Waals surface area contributed by atoms with Crippen molar-refractivity contribution in [3.63, 3.8) is 0 Å². The average Bonchev–Trinajstić information content (AvgIpc) is 2.89. The van der Waals surface area contributed by atoms with Gasteiger partial charge in [0.05, 0.1) is 18.8 Å². The molecule has 4 heteroatoms. The Kier molecular flexibility index (Phi) is 4.25. The number of benzene rings is 1. The van der Waals surface area contributed by atoms with Gasteiger partial charge < -0.3 is 10.1 Å². The Morgan fingerprint density at radius 3 is 3.10 bits per heavy atom. The van der Waals surface area contributed by atoms with Crippen LogP contribution in [0.2, 0.25) is 0 Å². The van der Waals surface area contributed by atoms with Gasteiger partial charge in [-0.1, -0.05) is 18.2 Å². The normalized spacial score (nSPS) is 17.5. The van der Waals surface area contributed by atoms with Crippen molar-refractivity contribution in [2.45, 2.75) is 31.7 Å². The molecular formula is C17H23N3O. The van der Waals surface area contributed by atoms with Gasteiger partial charge in [-0.25, -0.2) is 0 Å². The summed E-state index contributed by atoms with van der Waals surface area (Å²) >= 11 is 0. The van der Waals surface area contributed by atoms with Crippen LogP contribution in [0.4, 0.5) is 5.69 Å². The van der Waals surface area contributed by atoms with Crippen LogP contribution in [0.1, 0.15) is 35.7 Å². The first-order valence-corrected chi connectivity index (χ1v) is 7.63. The Morgan fingerprint density at radius 2 is 2.24 bits per heavy atom. The van der Waals surface area contributed by atoms with Gasteiger partial charge in [0.2, 0.25) is 0 Å². The van der Waals surface area contributed by atoms with E-state index in [0.29, 0.717) is 6.04 Å². The fourth-order valence-corrected chi connectivity index (χ4v) is 3.13. The molecule has 0 fully saturated rings. The van der Waals surface area contributed by atoms with E-state index in [-0.39, 0.29) is 0 Å². The second-order valence-electron chi connectivity index (χ2n) is 5.66. The van der Waals surface area contributed by atoms with Gasteiger partial charge in [-0.05, 0) is 37.3 Å². The maximum atomic E-state index is 5.21. The van der Waals surface area contributed by atoms with Crippen LogP contribution in [0, 0.1) is 0 Å². The summed E-state index contributed by atoms with van der Waals surface area (Å²) in [5.41, 5.74) is 5.25. The molecule has 1 N–H and O–H groups in total. The summed E-state index contributed by atoms with van der Waals surface area (Å²) in [7, 11) is 3.78. The van der Waals surface area contributed by atoms with Crippen LogP contribution in [0.3, 0.4) is 0 Å². The van der Waals surface area contributed by atoms with Crippen LogP contribution in [0.15, 0.2) is 30.5 Å². The molecule has 0 saturated carbocycles. The molecule has 2 aromatic rings. The lowest BCUT2D eigenvalue weighted by atomic mass is 9.92. The number of aromatic nitrogens is 2. The highest BCUT2D eigenvalue weighted by molar-refractivity contribution is 5.53. The molecule has 0 bridgehead atoms. The highest BCUT2D eigenvalue weighted by Gasteiger charge is 2.23. The molecule has 0 saturated heterocycles. The van der Waals surface area contributed by atoms with Crippen LogP contribution < -0.4 is 5.32 Å². The van der Waals surface area contributed by atoms with Gasteiger partial charge in [0.1, 0.15) is 0 Å². The molecule has 0 aliphatic heterocycles. The molecule has 1 heterocycles. The fraction of sp³-hybridized carbons (Fsp3) is 0.471. The maximum absolute atomic E-state index is 5.21. The van der Waals surface area contributed by atoms with E-state index in [1.54, 1.807) is 7.11 Å². The van der Waals surface area contributed by atoms with Gasteiger partial charge in [0.25, 0.3) is 0 Å². The van der Waals surface area contributed by atoms with E-state index >= 15 is 0 Å². The molecule has 1 aliphatic carbocycles. The zero-order valence-electron chi connectivity index (χ0n) is 12.8. The summed E-state index contributed by atoms with van der Waals surface area (Å²) in [6, 6.07) is 8.88. The maximum Gasteiger partial charge on any atom is 0.0547 e. The minimum absolute atomic E-state index is 0.367. The third-order valence-corrected chi connectivity index (χ3v) is 4.30. The van der Waals surface area contributed by atoms with Crippen LogP contribution in [0.25, 0.3) is 0 Å². The molecule has 112 valence electrons. The Morgan fingerprint density at radius 1 is 1.38 bits per heavy atom. The Bertz CT molecular complexity index is 606. The summed E-state index contributed by atoms with van der Waals surface area (Å²) in [4.78, 5) is 0. The van der Waals surface area contributed by atoms with E-state index in [1.807, 2.05) is 17.9 Å².